The lowest BCUT2D eigenvalue weighted by atomic mass is 10.3. The summed E-state index contributed by atoms with van der Waals surface area (Å²) in [6.45, 7) is 2.52. The summed E-state index contributed by atoms with van der Waals surface area (Å²) in [7, 11) is 0. The zero-order valence-electron chi connectivity index (χ0n) is 12.9. The molecular formula is C17H18N4O2. The third-order valence-electron chi connectivity index (χ3n) is 4.01. The Morgan fingerprint density at radius 3 is 3.09 bits per heavy atom. The number of rotatable bonds is 4. The van der Waals surface area contributed by atoms with Gasteiger partial charge in [-0.25, -0.2) is 9.78 Å². The van der Waals surface area contributed by atoms with Gasteiger partial charge in [0, 0.05) is 35.8 Å². The molecule has 1 aliphatic rings. The number of carbonyl (C=O) groups is 1. The van der Waals surface area contributed by atoms with Crippen LogP contribution in [0.15, 0.2) is 47.5 Å². The summed E-state index contributed by atoms with van der Waals surface area (Å²) >= 11 is 0. The molecule has 0 unspecified atom stereocenters. The van der Waals surface area contributed by atoms with Gasteiger partial charge in [-0.05, 0) is 31.9 Å². The largest absolute Gasteiger partial charge is 0.472 e. The van der Waals surface area contributed by atoms with Gasteiger partial charge in [0.15, 0.2) is 0 Å². The second-order valence-corrected chi connectivity index (χ2v) is 5.98. The molecule has 0 saturated heterocycles. The van der Waals surface area contributed by atoms with Gasteiger partial charge in [0.25, 0.3) is 0 Å². The first-order valence-corrected chi connectivity index (χ1v) is 7.73. The molecule has 0 aromatic carbocycles. The van der Waals surface area contributed by atoms with Crippen LogP contribution < -0.4 is 5.32 Å². The van der Waals surface area contributed by atoms with Crippen molar-refractivity contribution in [3.8, 4) is 0 Å². The van der Waals surface area contributed by atoms with Crippen molar-refractivity contribution in [2.45, 2.75) is 32.4 Å². The highest BCUT2D eigenvalue weighted by molar-refractivity contribution is 5.90. The van der Waals surface area contributed by atoms with Gasteiger partial charge in [0.1, 0.15) is 5.65 Å². The maximum absolute atomic E-state index is 12.6. The Bertz CT molecular complexity index is 834. The maximum atomic E-state index is 12.6. The van der Waals surface area contributed by atoms with Crippen molar-refractivity contribution in [3.05, 3.63) is 54.4 Å². The molecule has 2 amide bonds. The first-order chi connectivity index (χ1) is 11.2. The Labute approximate surface area is 133 Å². The van der Waals surface area contributed by atoms with E-state index in [1.165, 1.54) is 0 Å². The molecule has 1 saturated carbocycles. The monoisotopic (exact) mass is 310 g/mol. The van der Waals surface area contributed by atoms with E-state index >= 15 is 0 Å². The number of imidazole rings is 1. The average molecular weight is 310 g/mol. The van der Waals surface area contributed by atoms with E-state index in [2.05, 4.69) is 10.3 Å². The Kier molecular flexibility index (Phi) is 3.29. The van der Waals surface area contributed by atoms with Crippen molar-refractivity contribution in [3.63, 3.8) is 0 Å². The van der Waals surface area contributed by atoms with Crippen LogP contribution in [-0.4, -0.2) is 26.4 Å². The topological polar surface area (TPSA) is 62.8 Å². The summed E-state index contributed by atoms with van der Waals surface area (Å²) in [4.78, 5) is 18.9. The van der Waals surface area contributed by atoms with Gasteiger partial charge in [-0.15, -0.1) is 0 Å². The van der Waals surface area contributed by atoms with E-state index in [9.17, 15) is 4.79 Å². The quantitative estimate of drug-likeness (QED) is 0.803. The highest BCUT2D eigenvalue weighted by Crippen LogP contribution is 2.29. The minimum Gasteiger partial charge on any atom is -0.472 e. The number of aryl methyl sites for hydroxylation is 1. The van der Waals surface area contributed by atoms with Crippen LogP contribution in [0.3, 0.4) is 0 Å². The zero-order chi connectivity index (χ0) is 15.8. The molecular weight excluding hydrogens is 292 g/mol. The Balaban J connectivity index is 1.51. The molecule has 3 heterocycles. The Morgan fingerprint density at radius 2 is 2.35 bits per heavy atom. The fourth-order valence-electron chi connectivity index (χ4n) is 2.71. The van der Waals surface area contributed by atoms with E-state index in [-0.39, 0.29) is 6.03 Å². The molecule has 0 spiro atoms. The summed E-state index contributed by atoms with van der Waals surface area (Å²) in [5.41, 5.74) is 3.54. The number of fused-ring (bicyclic) bond motifs is 1. The van der Waals surface area contributed by atoms with Gasteiger partial charge >= 0.3 is 6.03 Å². The third kappa shape index (κ3) is 2.92. The summed E-state index contributed by atoms with van der Waals surface area (Å²) in [5.74, 6) is 0. The van der Waals surface area contributed by atoms with E-state index in [1.807, 2.05) is 46.8 Å². The molecule has 6 nitrogen and oxygen atoms in total. The molecule has 0 aliphatic heterocycles. The zero-order valence-corrected chi connectivity index (χ0v) is 12.9. The molecule has 3 aromatic heterocycles. The van der Waals surface area contributed by atoms with Gasteiger partial charge in [-0.3, -0.25) is 0 Å². The molecule has 6 heteroatoms. The molecule has 0 bridgehead atoms. The fraction of sp³-hybridized carbons (Fsp3) is 0.294. The van der Waals surface area contributed by atoms with E-state index in [0.29, 0.717) is 12.6 Å². The maximum Gasteiger partial charge on any atom is 0.322 e. The van der Waals surface area contributed by atoms with Crippen molar-refractivity contribution in [1.82, 2.24) is 14.3 Å². The summed E-state index contributed by atoms with van der Waals surface area (Å²) in [6, 6.07) is 5.90. The lowest BCUT2D eigenvalue weighted by Gasteiger charge is -2.22. The van der Waals surface area contributed by atoms with Gasteiger partial charge in [0.05, 0.1) is 24.8 Å². The number of urea groups is 1. The SMILES string of the molecule is Cc1cn2ccc(NC(=O)N(Cc3ccoc3)C3CC3)cc2n1. The number of pyridine rings is 1. The fourth-order valence-corrected chi connectivity index (χ4v) is 2.71. The minimum atomic E-state index is -0.0821. The van der Waals surface area contributed by atoms with E-state index in [0.717, 1.165) is 35.4 Å². The number of nitrogens with zero attached hydrogens (tertiary/aromatic N) is 3. The number of hydrogen-bond donors (Lipinski definition) is 1. The van der Waals surface area contributed by atoms with Crippen LogP contribution in [0, 0.1) is 6.92 Å². The predicted molar refractivity (Wildman–Crippen MR) is 86.2 cm³/mol. The first-order valence-electron chi connectivity index (χ1n) is 7.73. The standard InChI is InChI=1S/C17H18N4O2/c1-12-9-20-6-4-14(8-16(20)18-12)19-17(22)21(15-2-3-15)10-13-5-7-23-11-13/h4-9,11,15H,2-3,10H2,1H3,(H,19,22). The van der Waals surface area contributed by atoms with Gasteiger partial charge in [-0.2, -0.15) is 0 Å². The number of carbonyl (C=O) groups excluding carboxylic acids is 1. The van der Waals surface area contributed by atoms with Crippen LogP contribution in [-0.2, 0) is 6.54 Å². The lowest BCUT2D eigenvalue weighted by molar-refractivity contribution is 0.206. The summed E-state index contributed by atoms with van der Waals surface area (Å²) < 4.78 is 7.03. The highest BCUT2D eigenvalue weighted by atomic mass is 16.3. The lowest BCUT2D eigenvalue weighted by Crippen LogP contribution is -2.36. The average Bonchev–Trinajstić information content (AvgIpc) is 3.09. The Hall–Kier alpha value is -2.76. The molecule has 1 aliphatic carbocycles. The van der Waals surface area contributed by atoms with Gasteiger partial charge in [0.2, 0.25) is 0 Å². The molecule has 118 valence electrons. The Morgan fingerprint density at radius 1 is 1.48 bits per heavy atom. The molecule has 1 N–H and O–H groups in total. The van der Waals surface area contributed by atoms with Crippen LogP contribution in [0.25, 0.3) is 5.65 Å². The van der Waals surface area contributed by atoms with Crippen LogP contribution in [0.1, 0.15) is 24.1 Å². The number of hydrogen-bond acceptors (Lipinski definition) is 3. The number of nitrogens with one attached hydrogen (secondary N) is 1. The number of amides is 2. The van der Waals surface area contributed by atoms with E-state index in [4.69, 9.17) is 4.42 Å². The molecule has 0 radical (unpaired) electrons. The van der Waals surface area contributed by atoms with Crippen LogP contribution in [0.5, 0.6) is 0 Å². The molecule has 4 rings (SSSR count). The van der Waals surface area contributed by atoms with Gasteiger partial charge < -0.3 is 19.0 Å². The smallest absolute Gasteiger partial charge is 0.322 e. The second kappa shape index (κ2) is 5.46. The van der Waals surface area contributed by atoms with Crippen molar-refractivity contribution in [2.24, 2.45) is 0 Å². The molecule has 0 atom stereocenters. The van der Waals surface area contributed by atoms with Gasteiger partial charge in [-0.1, -0.05) is 0 Å². The molecule has 1 fully saturated rings. The van der Waals surface area contributed by atoms with E-state index in [1.54, 1.807) is 12.5 Å². The normalized spacial score (nSPS) is 14.1. The predicted octanol–water partition coefficient (Wildman–Crippen LogP) is 3.43. The van der Waals surface area contributed by atoms with Crippen LogP contribution in [0.2, 0.25) is 0 Å². The molecule has 23 heavy (non-hydrogen) atoms. The van der Waals surface area contributed by atoms with E-state index < -0.39 is 0 Å². The first kappa shape index (κ1) is 13.9. The van der Waals surface area contributed by atoms with Crippen LogP contribution >= 0.6 is 0 Å². The number of aromatic nitrogens is 2. The number of furan rings is 1. The van der Waals surface area contributed by atoms with Crippen molar-refractivity contribution >= 4 is 17.4 Å². The second-order valence-electron chi connectivity index (χ2n) is 5.98. The highest BCUT2D eigenvalue weighted by Gasteiger charge is 2.32. The summed E-state index contributed by atoms with van der Waals surface area (Å²) in [6.07, 6.45) is 9.29. The third-order valence-corrected chi connectivity index (χ3v) is 4.01. The molecule has 3 aromatic rings. The van der Waals surface area contributed by atoms with Crippen molar-refractivity contribution in [1.29, 1.82) is 0 Å². The van der Waals surface area contributed by atoms with Crippen molar-refractivity contribution in [2.75, 3.05) is 5.32 Å². The summed E-state index contributed by atoms with van der Waals surface area (Å²) in [5, 5.41) is 2.98. The number of anilines is 1. The minimum absolute atomic E-state index is 0.0821. The van der Waals surface area contributed by atoms with Crippen molar-refractivity contribution < 1.29 is 9.21 Å². The van der Waals surface area contributed by atoms with Crippen LogP contribution in [0.4, 0.5) is 10.5 Å².